The number of imidazole rings is 1. The first-order valence-electron chi connectivity index (χ1n) is 14.8. The average Bonchev–Trinajstić information content (AvgIpc) is 3.38. The van der Waals surface area contributed by atoms with E-state index < -0.39 is 12.0 Å². The summed E-state index contributed by atoms with van der Waals surface area (Å²) >= 11 is 0. The topological polar surface area (TPSA) is 91.6 Å². The second-order valence-electron chi connectivity index (χ2n) is 11.8. The number of alkyl halides is 2. The molecule has 1 saturated carbocycles. The van der Waals surface area contributed by atoms with Crippen molar-refractivity contribution in [1.29, 1.82) is 0 Å². The number of fused-ring (bicyclic) bond motifs is 1. The Morgan fingerprint density at radius 2 is 1.81 bits per heavy atom. The van der Waals surface area contributed by atoms with E-state index in [1.807, 2.05) is 26.8 Å². The van der Waals surface area contributed by atoms with Crippen LogP contribution in [0.25, 0.3) is 16.9 Å². The van der Waals surface area contributed by atoms with Gasteiger partial charge in [-0.15, -0.1) is 5.92 Å². The zero-order valence-electron chi connectivity index (χ0n) is 24.7. The van der Waals surface area contributed by atoms with E-state index in [9.17, 15) is 13.9 Å². The van der Waals surface area contributed by atoms with Crippen molar-refractivity contribution < 1.29 is 18.6 Å². The maximum atomic E-state index is 14.2. The van der Waals surface area contributed by atoms with Crippen molar-refractivity contribution in [3.05, 3.63) is 36.2 Å². The van der Waals surface area contributed by atoms with Crippen LogP contribution in [-0.4, -0.2) is 87.1 Å². The molecule has 1 aliphatic heterocycles. The van der Waals surface area contributed by atoms with Crippen LogP contribution in [0.3, 0.4) is 0 Å². The van der Waals surface area contributed by atoms with Gasteiger partial charge in [0, 0.05) is 38.3 Å². The van der Waals surface area contributed by atoms with Gasteiger partial charge in [-0.1, -0.05) is 18.1 Å². The number of halogens is 2. The fraction of sp³-hybridized carbons (Fsp3) is 0.581. The average molecular weight is 582 g/mol. The molecule has 2 aliphatic rings. The fourth-order valence-corrected chi connectivity index (χ4v) is 5.94. The summed E-state index contributed by atoms with van der Waals surface area (Å²) in [6.45, 7) is 9.93. The lowest BCUT2D eigenvalue weighted by Crippen LogP contribution is -2.46. The van der Waals surface area contributed by atoms with Crippen molar-refractivity contribution in [1.82, 2.24) is 24.4 Å². The molecule has 0 bridgehead atoms. The molecule has 0 spiro atoms. The number of anilines is 2. The number of benzene rings is 1. The van der Waals surface area contributed by atoms with E-state index in [2.05, 4.69) is 31.9 Å². The highest BCUT2D eigenvalue weighted by molar-refractivity contribution is 5.78. The van der Waals surface area contributed by atoms with Crippen LogP contribution in [0.4, 0.5) is 20.5 Å². The van der Waals surface area contributed by atoms with Crippen LogP contribution in [0.1, 0.15) is 58.7 Å². The lowest BCUT2D eigenvalue weighted by atomic mass is 9.85. The highest BCUT2D eigenvalue weighted by Gasteiger charge is 2.29. The van der Waals surface area contributed by atoms with E-state index in [0.29, 0.717) is 86.5 Å². The van der Waals surface area contributed by atoms with Crippen LogP contribution in [0.2, 0.25) is 0 Å². The molecule has 2 fully saturated rings. The minimum atomic E-state index is -2.76. The fourth-order valence-electron chi connectivity index (χ4n) is 5.94. The van der Waals surface area contributed by atoms with Gasteiger partial charge in [0.2, 0.25) is 5.95 Å². The van der Waals surface area contributed by atoms with Crippen LogP contribution in [0.15, 0.2) is 30.3 Å². The van der Waals surface area contributed by atoms with Gasteiger partial charge in [0.1, 0.15) is 11.6 Å². The Morgan fingerprint density at radius 3 is 2.50 bits per heavy atom. The van der Waals surface area contributed by atoms with Gasteiger partial charge in [0.15, 0.2) is 5.82 Å². The van der Waals surface area contributed by atoms with Gasteiger partial charge < -0.3 is 20.1 Å². The maximum Gasteiger partial charge on any atom is 0.296 e. The molecular formula is C31H41F2N7O2. The molecule has 0 atom stereocenters. The largest absolute Gasteiger partial charge is 0.389 e. The minimum Gasteiger partial charge on any atom is -0.389 e. The number of morpholine rings is 1. The predicted octanol–water partition coefficient (Wildman–Crippen LogP) is 4.66. The van der Waals surface area contributed by atoms with Gasteiger partial charge >= 0.3 is 0 Å². The zero-order chi connectivity index (χ0) is 29.7. The van der Waals surface area contributed by atoms with Crippen LogP contribution in [0.5, 0.6) is 0 Å². The number of hydrogen-bond donors (Lipinski definition) is 2. The molecule has 2 aromatic heterocycles. The number of aliphatic hydroxyl groups is 1. The van der Waals surface area contributed by atoms with Crippen molar-refractivity contribution in [2.75, 3.05) is 56.2 Å². The third kappa shape index (κ3) is 7.35. The third-order valence-electron chi connectivity index (χ3n) is 7.98. The summed E-state index contributed by atoms with van der Waals surface area (Å²) in [5.41, 5.74) is 0.292. The van der Waals surface area contributed by atoms with Crippen LogP contribution >= 0.6 is 0 Å². The first-order valence-corrected chi connectivity index (χ1v) is 14.8. The second kappa shape index (κ2) is 13.3. The number of hydrogen-bond acceptors (Lipinski definition) is 8. The SMILES string of the molecule is CC#CCN(CC(C)(C)O)[C@H]1CC[C@H](CNc2nc(N3CCOCC3)cc(-n3c(C(F)F)nc4ccccc43)n2)CC1. The number of nitrogens with zero attached hydrogens (tertiary/aromatic N) is 6. The summed E-state index contributed by atoms with van der Waals surface area (Å²) < 4.78 is 35.3. The van der Waals surface area contributed by atoms with Crippen LogP contribution in [0, 0.1) is 17.8 Å². The molecule has 11 heteroatoms. The van der Waals surface area contributed by atoms with E-state index in [1.54, 1.807) is 24.3 Å². The van der Waals surface area contributed by atoms with Crippen molar-refractivity contribution in [2.45, 2.75) is 64.5 Å². The smallest absolute Gasteiger partial charge is 0.296 e. The first kappa shape index (κ1) is 30.1. The molecule has 1 saturated heterocycles. The van der Waals surface area contributed by atoms with Gasteiger partial charge in [0.05, 0.1) is 36.4 Å². The molecule has 5 rings (SSSR count). The molecule has 1 aliphatic carbocycles. The van der Waals surface area contributed by atoms with Crippen molar-refractivity contribution in [3.8, 4) is 17.7 Å². The third-order valence-corrected chi connectivity index (χ3v) is 7.98. The Kier molecular flexibility index (Phi) is 9.56. The van der Waals surface area contributed by atoms with E-state index in [1.165, 1.54) is 4.57 Å². The molecule has 226 valence electrons. The lowest BCUT2D eigenvalue weighted by molar-refractivity contribution is 0.0171. The van der Waals surface area contributed by atoms with E-state index in [4.69, 9.17) is 14.7 Å². The van der Waals surface area contributed by atoms with Crippen molar-refractivity contribution in [2.24, 2.45) is 5.92 Å². The molecule has 0 radical (unpaired) electrons. The van der Waals surface area contributed by atoms with Gasteiger partial charge in [0.25, 0.3) is 6.43 Å². The minimum absolute atomic E-state index is 0.338. The molecule has 1 aromatic carbocycles. The molecule has 3 aromatic rings. The molecule has 0 unspecified atom stereocenters. The lowest BCUT2D eigenvalue weighted by Gasteiger charge is -2.38. The highest BCUT2D eigenvalue weighted by Crippen LogP contribution is 2.31. The summed E-state index contributed by atoms with van der Waals surface area (Å²) in [5, 5.41) is 13.9. The van der Waals surface area contributed by atoms with Gasteiger partial charge in [-0.25, -0.2) is 13.8 Å². The number of aromatic nitrogens is 4. The number of rotatable bonds is 10. The number of nitrogens with one attached hydrogen (secondary N) is 1. The van der Waals surface area contributed by atoms with E-state index in [0.717, 1.165) is 25.7 Å². The normalized spacial score (nSPS) is 19.8. The summed E-state index contributed by atoms with van der Waals surface area (Å²) in [7, 11) is 0. The Hall–Kier alpha value is -3.33. The van der Waals surface area contributed by atoms with Crippen LogP contribution < -0.4 is 10.2 Å². The quantitative estimate of drug-likeness (QED) is 0.334. The Bertz CT molecular complexity index is 1400. The Balaban J connectivity index is 1.35. The van der Waals surface area contributed by atoms with Gasteiger partial charge in [-0.05, 0) is 64.5 Å². The summed E-state index contributed by atoms with van der Waals surface area (Å²) in [6.07, 6.45) is 1.33. The number of para-hydroxylation sites is 2. The Labute approximate surface area is 246 Å². The van der Waals surface area contributed by atoms with E-state index >= 15 is 0 Å². The predicted molar refractivity (Wildman–Crippen MR) is 160 cm³/mol. The molecule has 0 amide bonds. The Morgan fingerprint density at radius 1 is 1.10 bits per heavy atom. The van der Waals surface area contributed by atoms with Crippen molar-refractivity contribution >= 4 is 22.8 Å². The van der Waals surface area contributed by atoms with Crippen molar-refractivity contribution in [3.63, 3.8) is 0 Å². The maximum absolute atomic E-state index is 14.2. The monoisotopic (exact) mass is 581 g/mol. The first-order chi connectivity index (χ1) is 20.2. The molecular weight excluding hydrogens is 540 g/mol. The molecule has 42 heavy (non-hydrogen) atoms. The molecule has 3 heterocycles. The number of ether oxygens (including phenoxy) is 1. The van der Waals surface area contributed by atoms with Gasteiger partial charge in [-0.2, -0.15) is 9.97 Å². The molecule has 9 nitrogen and oxygen atoms in total. The summed E-state index contributed by atoms with van der Waals surface area (Å²) in [4.78, 5) is 18.1. The zero-order valence-corrected chi connectivity index (χ0v) is 24.7. The standard InChI is InChI=1S/C31H41F2N7O2/c1-4-5-14-39(21-31(2,3)41)23-12-10-22(11-13-23)20-34-30-36-26(38-15-17-42-18-16-38)19-27(37-30)40-25-9-7-6-8-24(25)35-29(40)28(32)33/h6-9,19,22-23,28,41H,10-18,20-21H2,1-3H3,(H,34,36,37)/t22-,23-. The second-order valence-corrected chi connectivity index (χ2v) is 11.8. The summed E-state index contributed by atoms with van der Waals surface area (Å²) in [5.74, 6) is 7.68. The highest BCUT2D eigenvalue weighted by atomic mass is 19.3. The van der Waals surface area contributed by atoms with Crippen LogP contribution in [-0.2, 0) is 4.74 Å². The molecule has 2 N–H and O–H groups in total. The van der Waals surface area contributed by atoms with Gasteiger partial charge in [-0.3, -0.25) is 9.47 Å². The summed E-state index contributed by atoms with van der Waals surface area (Å²) in [6, 6.07) is 9.25. The van der Waals surface area contributed by atoms with E-state index in [-0.39, 0.29) is 5.82 Å².